The van der Waals surface area contributed by atoms with Crippen LogP contribution < -0.4 is 5.56 Å². The van der Waals surface area contributed by atoms with Gasteiger partial charge in [0.15, 0.2) is 0 Å². The van der Waals surface area contributed by atoms with Crippen molar-refractivity contribution >= 4 is 0 Å². The van der Waals surface area contributed by atoms with Crippen LogP contribution in [0.5, 0.6) is 0 Å². The summed E-state index contributed by atoms with van der Waals surface area (Å²) in [6.45, 7) is -0.193. The molecule has 0 unspecified atom stereocenters. The van der Waals surface area contributed by atoms with E-state index in [1.165, 1.54) is 6.07 Å². The topological polar surface area (TPSA) is 66.0 Å². The van der Waals surface area contributed by atoms with Gasteiger partial charge in [-0.1, -0.05) is 30.3 Å². The third-order valence-electron chi connectivity index (χ3n) is 2.10. The fourth-order valence-corrected chi connectivity index (χ4v) is 1.41. The highest BCUT2D eigenvalue weighted by Gasteiger charge is 2.06. The molecule has 76 valence electrons. The highest BCUT2D eigenvalue weighted by atomic mass is 16.3. The van der Waals surface area contributed by atoms with E-state index in [4.69, 9.17) is 5.11 Å². The Balaban J connectivity index is 2.58. The zero-order valence-electron chi connectivity index (χ0n) is 7.97. The molecule has 4 nitrogen and oxygen atoms in total. The van der Waals surface area contributed by atoms with Crippen molar-refractivity contribution in [3.8, 4) is 11.3 Å². The Kier molecular flexibility index (Phi) is 2.60. The molecule has 0 amide bonds. The Morgan fingerprint density at radius 3 is 2.67 bits per heavy atom. The SMILES string of the molecule is O=c1cc(CO)c(-c2ccccc2)n[nH]1. The summed E-state index contributed by atoms with van der Waals surface area (Å²) in [5.74, 6) is 0. The van der Waals surface area contributed by atoms with Crippen molar-refractivity contribution in [1.82, 2.24) is 10.2 Å². The molecule has 0 aliphatic heterocycles. The molecule has 15 heavy (non-hydrogen) atoms. The number of nitrogens with zero attached hydrogens (tertiary/aromatic N) is 1. The summed E-state index contributed by atoms with van der Waals surface area (Å²) in [7, 11) is 0. The number of benzene rings is 1. The van der Waals surface area contributed by atoms with E-state index in [9.17, 15) is 4.79 Å². The molecule has 0 atom stereocenters. The molecular weight excluding hydrogens is 192 g/mol. The summed E-state index contributed by atoms with van der Waals surface area (Å²) in [5.41, 5.74) is 1.71. The lowest BCUT2D eigenvalue weighted by Gasteiger charge is -2.04. The average Bonchev–Trinajstić information content (AvgIpc) is 2.30. The first kappa shape index (κ1) is 9.61. The van der Waals surface area contributed by atoms with Gasteiger partial charge in [0.25, 0.3) is 5.56 Å². The number of hydrogen-bond donors (Lipinski definition) is 2. The third-order valence-corrected chi connectivity index (χ3v) is 2.10. The van der Waals surface area contributed by atoms with Gasteiger partial charge < -0.3 is 5.11 Å². The van der Waals surface area contributed by atoms with Crippen LogP contribution in [0, 0.1) is 0 Å². The Labute approximate surface area is 86.2 Å². The van der Waals surface area contributed by atoms with Crippen molar-refractivity contribution in [2.75, 3.05) is 0 Å². The number of aliphatic hydroxyl groups excluding tert-OH is 1. The summed E-state index contributed by atoms with van der Waals surface area (Å²) in [6, 6.07) is 10.8. The van der Waals surface area contributed by atoms with Crippen molar-refractivity contribution in [3.05, 3.63) is 52.3 Å². The maximum Gasteiger partial charge on any atom is 0.264 e. The number of aliphatic hydroxyl groups is 1. The lowest BCUT2D eigenvalue weighted by atomic mass is 10.1. The molecule has 0 fully saturated rings. The number of aromatic nitrogens is 2. The Hall–Kier alpha value is -1.94. The maximum atomic E-state index is 11.0. The molecule has 4 heteroatoms. The molecule has 0 saturated heterocycles. The normalized spacial score (nSPS) is 10.2. The predicted molar refractivity (Wildman–Crippen MR) is 56.2 cm³/mol. The highest BCUT2D eigenvalue weighted by Crippen LogP contribution is 2.18. The van der Waals surface area contributed by atoms with Crippen LogP contribution in [-0.4, -0.2) is 15.3 Å². The molecule has 0 aliphatic rings. The number of aromatic amines is 1. The zero-order valence-corrected chi connectivity index (χ0v) is 7.97. The quantitative estimate of drug-likeness (QED) is 0.761. The molecule has 2 N–H and O–H groups in total. The standard InChI is InChI=1S/C11H10N2O2/c14-7-9-6-10(15)12-13-11(9)8-4-2-1-3-5-8/h1-6,14H,7H2,(H,12,15). The van der Waals surface area contributed by atoms with Crippen LogP contribution in [0.25, 0.3) is 11.3 Å². The maximum absolute atomic E-state index is 11.0. The molecule has 1 aromatic heterocycles. The van der Waals surface area contributed by atoms with Gasteiger partial charge in [-0.2, -0.15) is 5.10 Å². The van der Waals surface area contributed by atoms with Gasteiger partial charge in [-0.05, 0) is 0 Å². The molecular formula is C11H10N2O2. The predicted octanol–water partition coefficient (Wildman–Crippen LogP) is 0.929. The average molecular weight is 202 g/mol. The van der Waals surface area contributed by atoms with Crippen LogP contribution in [-0.2, 0) is 6.61 Å². The largest absolute Gasteiger partial charge is 0.392 e. The van der Waals surface area contributed by atoms with Crippen molar-refractivity contribution in [1.29, 1.82) is 0 Å². The molecule has 0 aliphatic carbocycles. The van der Waals surface area contributed by atoms with E-state index < -0.39 is 0 Å². The minimum atomic E-state index is -0.307. The Morgan fingerprint density at radius 1 is 1.27 bits per heavy atom. The van der Waals surface area contributed by atoms with E-state index in [0.717, 1.165) is 5.56 Å². The summed E-state index contributed by atoms with van der Waals surface area (Å²) in [5, 5.41) is 15.4. The van der Waals surface area contributed by atoms with E-state index in [1.54, 1.807) is 0 Å². The zero-order chi connectivity index (χ0) is 10.7. The van der Waals surface area contributed by atoms with Gasteiger partial charge >= 0.3 is 0 Å². The molecule has 1 heterocycles. The van der Waals surface area contributed by atoms with Crippen molar-refractivity contribution in [3.63, 3.8) is 0 Å². The molecule has 2 aromatic rings. The smallest absolute Gasteiger partial charge is 0.264 e. The second-order valence-corrected chi connectivity index (χ2v) is 3.13. The third kappa shape index (κ3) is 1.94. The molecule has 0 radical (unpaired) electrons. The van der Waals surface area contributed by atoms with Crippen LogP contribution in [0.4, 0.5) is 0 Å². The monoisotopic (exact) mass is 202 g/mol. The van der Waals surface area contributed by atoms with E-state index in [-0.39, 0.29) is 12.2 Å². The van der Waals surface area contributed by atoms with Crippen LogP contribution in [0.3, 0.4) is 0 Å². The molecule has 0 bridgehead atoms. The number of rotatable bonds is 2. The Morgan fingerprint density at radius 2 is 2.00 bits per heavy atom. The summed E-state index contributed by atoms with van der Waals surface area (Å²) >= 11 is 0. The summed E-state index contributed by atoms with van der Waals surface area (Å²) in [6.07, 6.45) is 0. The molecule has 1 aromatic carbocycles. The molecule has 0 saturated carbocycles. The minimum Gasteiger partial charge on any atom is -0.392 e. The lowest BCUT2D eigenvalue weighted by molar-refractivity contribution is 0.281. The second kappa shape index (κ2) is 4.06. The van der Waals surface area contributed by atoms with E-state index >= 15 is 0 Å². The van der Waals surface area contributed by atoms with Crippen LogP contribution in [0.15, 0.2) is 41.2 Å². The molecule has 2 rings (SSSR count). The van der Waals surface area contributed by atoms with Gasteiger partial charge in [0.1, 0.15) is 0 Å². The number of nitrogens with one attached hydrogen (secondary N) is 1. The number of H-pyrrole nitrogens is 1. The second-order valence-electron chi connectivity index (χ2n) is 3.13. The number of hydrogen-bond acceptors (Lipinski definition) is 3. The summed E-state index contributed by atoms with van der Waals surface area (Å²) in [4.78, 5) is 11.0. The first-order valence-electron chi connectivity index (χ1n) is 4.56. The van der Waals surface area contributed by atoms with Gasteiger partial charge in [0.05, 0.1) is 12.3 Å². The van der Waals surface area contributed by atoms with E-state index in [2.05, 4.69) is 10.2 Å². The fourth-order valence-electron chi connectivity index (χ4n) is 1.41. The van der Waals surface area contributed by atoms with Gasteiger partial charge in [0, 0.05) is 17.2 Å². The minimum absolute atomic E-state index is 0.193. The highest BCUT2D eigenvalue weighted by molar-refractivity contribution is 5.61. The van der Waals surface area contributed by atoms with Gasteiger partial charge in [-0.15, -0.1) is 0 Å². The van der Waals surface area contributed by atoms with Crippen LogP contribution in [0.1, 0.15) is 5.56 Å². The van der Waals surface area contributed by atoms with Crippen molar-refractivity contribution in [2.45, 2.75) is 6.61 Å². The van der Waals surface area contributed by atoms with Gasteiger partial charge in [0.2, 0.25) is 0 Å². The van der Waals surface area contributed by atoms with Crippen molar-refractivity contribution < 1.29 is 5.11 Å². The first-order chi connectivity index (χ1) is 7.31. The van der Waals surface area contributed by atoms with E-state index in [0.29, 0.717) is 11.3 Å². The van der Waals surface area contributed by atoms with E-state index in [1.807, 2.05) is 30.3 Å². The van der Waals surface area contributed by atoms with Gasteiger partial charge in [-0.3, -0.25) is 4.79 Å². The summed E-state index contributed by atoms with van der Waals surface area (Å²) < 4.78 is 0. The Bertz CT molecular complexity index is 505. The fraction of sp³-hybridized carbons (Fsp3) is 0.0909. The van der Waals surface area contributed by atoms with Gasteiger partial charge in [-0.25, -0.2) is 5.10 Å². The van der Waals surface area contributed by atoms with Crippen LogP contribution >= 0.6 is 0 Å². The first-order valence-corrected chi connectivity index (χ1v) is 4.56. The molecule has 0 spiro atoms. The lowest BCUT2D eigenvalue weighted by Crippen LogP contribution is -2.10. The van der Waals surface area contributed by atoms with Crippen LogP contribution in [0.2, 0.25) is 0 Å². The van der Waals surface area contributed by atoms with Crippen molar-refractivity contribution in [2.24, 2.45) is 0 Å².